The van der Waals surface area contributed by atoms with Gasteiger partial charge in [0.25, 0.3) is 5.91 Å². The highest BCUT2D eigenvalue weighted by atomic mass is 16.2. The molecule has 3 N–H and O–H groups in total. The lowest BCUT2D eigenvalue weighted by molar-refractivity contribution is -0.905. The summed E-state index contributed by atoms with van der Waals surface area (Å²) in [6.45, 7) is 8.29. The van der Waals surface area contributed by atoms with Crippen LogP contribution in [0.25, 0.3) is 0 Å². The molecular weight excluding hydrogens is 194 g/mol. The molecule has 2 amide bonds. The van der Waals surface area contributed by atoms with E-state index >= 15 is 0 Å². The molecule has 0 fully saturated rings. The number of carbonyl (C=O) groups is 2. The summed E-state index contributed by atoms with van der Waals surface area (Å²) >= 11 is 0. The third-order valence-corrected chi connectivity index (χ3v) is 1.03. The molecule has 5 heteroatoms. The van der Waals surface area contributed by atoms with E-state index in [1.54, 1.807) is 6.92 Å². The molecule has 0 bridgehead atoms. The molecule has 0 heterocycles. The third kappa shape index (κ3) is 15.2. The first-order valence-electron chi connectivity index (χ1n) is 4.31. The van der Waals surface area contributed by atoms with Crippen LogP contribution in [0.5, 0.6) is 0 Å². The van der Waals surface area contributed by atoms with Gasteiger partial charge in [0.2, 0.25) is 5.91 Å². The molecule has 0 rings (SSSR count). The minimum absolute atomic E-state index is 0.104. The maximum atomic E-state index is 10.9. The first-order chi connectivity index (χ1) is 6.60. The minimum Gasteiger partial charge on any atom is -0.366 e. The van der Waals surface area contributed by atoms with Crippen molar-refractivity contribution in [2.24, 2.45) is 5.73 Å². The zero-order chi connectivity index (χ0) is 12.6. The number of amides is 2. The largest absolute Gasteiger partial charge is 0.366 e. The predicted molar refractivity (Wildman–Crippen MR) is 60.4 cm³/mol. The van der Waals surface area contributed by atoms with Crippen LogP contribution < -0.4 is 11.2 Å². The van der Waals surface area contributed by atoms with Crippen LogP contribution in [0.4, 0.5) is 0 Å². The van der Waals surface area contributed by atoms with Crippen molar-refractivity contribution in [1.29, 1.82) is 0 Å². The van der Waals surface area contributed by atoms with Gasteiger partial charge in [-0.1, -0.05) is 13.2 Å². The topological polar surface area (TPSA) is 72.2 Å². The van der Waals surface area contributed by atoms with Crippen LogP contribution in [0.3, 0.4) is 0 Å². The van der Waals surface area contributed by atoms with Gasteiger partial charge in [0.15, 0.2) is 0 Å². The van der Waals surface area contributed by atoms with Gasteiger partial charge < -0.3 is 5.73 Å². The van der Waals surface area contributed by atoms with Crippen LogP contribution in [0, 0.1) is 0 Å². The molecule has 0 aromatic heterocycles. The molecule has 5 nitrogen and oxygen atoms in total. The summed E-state index contributed by atoms with van der Waals surface area (Å²) in [5.41, 5.74) is 7.79. The zero-order valence-electron chi connectivity index (χ0n) is 9.83. The Kier molecular flexibility index (Phi) is 7.16. The fourth-order valence-electron chi connectivity index (χ4n) is 0.400. The fourth-order valence-corrected chi connectivity index (χ4v) is 0.400. The van der Waals surface area contributed by atoms with E-state index in [1.165, 1.54) is 0 Å². The van der Waals surface area contributed by atoms with Crippen LogP contribution >= 0.6 is 0 Å². The molecule has 0 aromatic carbocycles. The molecule has 0 aliphatic rings. The average Bonchev–Trinajstić information content (AvgIpc) is 2.02. The summed E-state index contributed by atoms with van der Waals surface area (Å²) in [6.07, 6.45) is 1.06. The molecule has 86 valence electrons. The molecule has 0 saturated heterocycles. The van der Waals surface area contributed by atoms with Crippen molar-refractivity contribution in [3.63, 3.8) is 0 Å². The highest BCUT2D eigenvalue weighted by Crippen LogP contribution is 1.89. The standard InChI is InChI=1S/C7H14N2O.C3H5NO/c1-6(2)7(10)8-9(3,4)5;1-2-3(4)5/h1H2,2-5H3;2H,1H2,(H2,4,5)/p+1. The van der Waals surface area contributed by atoms with E-state index in [0.29, 0.717) is 10.2 Å². The lowest BCUT2D eigenvalue weighted by Crippen LogP contribution is -2.51. The lowest BCUT2D eigenvalue weighted by Gasteiger charge is -2.23. The number of hydrogen-bond donors (Lipinski definition) is 2. The Morgan fingerprint density at radius 3 is 1.73 bits per heavy atom. The molecule has 0 radical (unpaired) electrons. The van der Waals surface area contributed by atoms with Gasteiger partial charge in [-0.05, 0) is 13.0 Å². The van der Waals surface area contributed by atoms with Gasteiger partial charge in [-0.15, -0.1) is 0 Å². The second-order valence-corrected chi connectivity index (χ2v) is 3.84. The summed E-state index contributed by atoms with van der Waals surface area (Å²) in [5, 5.41) is 0. The molecule has 0 saturated carbocycles. The average molecular weight is 214 g/mol. The molecular formula is C10H20N3O2+. The van der Waals surface area contributed by atoms with Gasteiger partial charge in [0.05, 0.1) is 21.1 Å². The Hall–Kier alpha value is -1.62. The zero-order valence-corrected chi connectivity index (χ0v) is 9.83. The highest BCUT2D eigenvalue weighted by Gasteiger charge is 2.11. The number of nitrogens with two attached hydrogens (primary N) is 1. The number of primary amides is 1. The first kappa shape index (κ1) is 15.8. The molecule has 0 aromatic rings. The van der Waals surface area contributed by atoms with E-state index < -0.39 is 5.91 Å². The van der Waals surface area contributed by atoms with Crippen LogP contribution in [-0.4, -0.2) is 37.5 Å². The molecule has 0 aliphatic heterocycles. The summed E-state index contributed by atoms with van der Waals surface area (Å²) in [5.74, 6) is -0.586. The number of quaternary nitrogens is 1. The summed E-state index contributed by atoms with van der Waals surface area (Å²) < 4.78 is 0.422. The third-order valence-electron chi connectivity index (χ3n) is 1.03. The van der Waals surface area contributed by atoms with E-state index in [9.17, 15) is 9.59 Å². The molecule has 0 atom stereocenters. The summed E-state index contributed by atoms with van der Waals surface area (Å²) in [4.78, 5) is 20.4. The number of rotatable bonds is 3. The van der Waals surface area contributed by atoms with E-state index in [2.05, 4.69) is 24.3 Å². The van der Waals surface area contributed by atoms with Crippen molar-refractivity contribution >= 4 is 11.8 Å². The Bertz CT molecular complexity index is 264. The fraction of sp³-hybridized carbons (Fsp3) is 0.400. The van der Waals surface area contributed by atoms with Gasteiger partial charge in [-0.3, -0.25) is 9.59 Å². The normalized spacial score (nSPS) is 9.33. The Balaban J connectivity index is 0. The van der Waals surface area contributed by atoms with Crippen LogP contribution in [0.2, 0.25) is 0 Å². The number of nitrogens with one attached hydrogen (secondary N) is 1. The second-order valence-electron chi connectivity index (χ2n) is 3.84. The van der Waals surface area contributed by atoms with Gasteiger partial charge in [-0.2, -0.15) is 5.43 Å². The van der Waals surface area contributed by atoms with Crippen molar-refractivity contribution in [3.8, 4) is 0 Å². The second kappa shape index (κ2) is 6.78. The Morgan fingerprint density at radius 2 is 1.67 bits per heavy atom. The van der Waals surface area contributed by atoms with E-state index in [1.807, 2.05) is 21.1 Å². The molecule has 0 aliphatic carbocycles. The van der Waals surface area contributed by atoms with Crippen LogP contribution in [0.1, 0.15) is 6.92 Å². The summed E-state index contributed by atoms with van der Waals surface area (Å²) in [6, 6.07) is 0. The number of hydrogen-bond acceptors (Lipinski definition) is 2. The van der Waals surface area contributed by atoms with E-state index in [4.69, 9.17) is 0 Å². The van der Waals surface area contributed by atoms with Gasteiger partial charge in [0, 0.05) is 5.57 Å². The van der Waals surface area contributed by atoms with E-state index in [-0.39, 0.29) is 5.91 Å². The Morgan fingerprint density at radius 1 is 1.33 bits per heavy atom. The quantitative estimate of drug-likeness (QED) is 0.393. The van der Waals surface area contributed by atoms with Gasteiger partial charge in [-0.25, -0.2) is 4.59 Å². The SMILES string of the molecule is C=C(C)C(=O)N[N+](C)(C)C.C=CC(N)=O. The monoisotopic (exact) mass is 214 g/mol. The molecule has 0 unspecified atom stereocenters. The maximum absolute atomic E-state index is 10.9. The highest BCUT2D eigenvalue weighted by molar-refractivity contribution is 5.91. The lowest BCUT2D eigenvalue weighted by atomic mass is 10.3. The van der Waals surface area contributed by atoms with Gasteiger partial charge in [0.1, 0.15) is 0 Å². The summed E-state index contributed by atoms with van der Waals surface area (Å²) in [7, 11) is 5.63. The van der Waals surface area contributed by atoms with Gasteiger partial charge >= 0.3 is 0 Å². The van der Waals surface area contributed by atoms with Crippen molar-refractivity contribution in [2.75, 3.05) is 21.1 Å². The first-order valence-corrected chi connectivity index (χ1v) is 4.31. The van der Waals surface area contributed by atoms with Crippen molar-refractivity contribution in [2.45, 2.75) is 6.92 Å². The minimum atomic E-state index is -0.481. The van der Waals surface area contributed by atoms with Crippen LogP contribution in [-0.2, 0) is 9.59 Å². The Labute approximate surface area is 90.8 Å². The molecule has 0 spiro atoms. The van der Waals surface area contributed by atoms with Crippen LogP contribution in [0.15, 0.2) is 24.8 Å². The smallest absolute Gasteiger partial charge is 0.290 e. The number of carbonyl (C=O) groups excluding carboxylic acids is 2. The maximum Gasteiger partial charge on any atom is 0.290 e. The number of nitrogens with zero attached hydrogens (tertiary/aromatic N) is 1. The molecule has 15 heavy (non-hydrogen) atoms. The van der Waals surface area contributed by atoms with Crippen molar-refractivity contribution in [3.05, 3.63) is 24.8 Å². The van der Waals surface area contributed by atoms with Crippen molar-refractivity contribution < 1.29 is 14.2 Å². The van der Waals surface area contributed by atoms with Crippen molar-refractivity contribution in [1.82, 2.24) is 5.43 Å². The van der Waals surface area contributed by atoms with E-state index in [0.717, 1.165) is 6.08 Å². The predicted octanol–water partition coefficient (Wildman–Crippen LogP) is -0.0424.